The average Bonchev–Trinajstić information content (AvgIpc) is 3.16. The molecular weight excluding hydrogens is 348 g/mol. The number of fused-ring (bicyclic) bond motifs is 4. The molecule has 0 N–H and O–H groups in total. The number of aromatic nitrogens is 2. The normalized spacial score (nSPS) is 26.2. The van der Waals surface area contributed by atoms with E-state index in [1.807, 2.05) is 18.7 Å². The van der Waals surface area contributed by atoms with Gasteiger partial charge in [0.2, 0.25) is 0 Å². The van der Waals surface area contributed by atoms with Gasteiger partial charge >= 0.3 is 0 Å². The fraction of sp³-hybridized carbons (Fsp3) is 0.565. The van der Waals surface area contributed by atoms with Crippen LogP contribution in [0.2, 0.25) is 0 Å². The highest BCUT2D eigenvalue weighted by molar-refractivity contribution is 6.05. The molecule has 1 amide bonds. The van der Waals surface area contributed by atoms with E-state index in [0.717, 1.165) is 59.4 Å². The SMILES string of the molecule is Cc1nn(C)c(C)c1-c1cccc2c1C(=O)N(CC[C@@H]1CN3CCC1CC3)C2. The van der Waals surface area contributed by atoms with Gasteiger partial charge in [0.05, 0.1) is 11.3 Å². The van der Waals surface area contributed by atoms with Crippen molar-refractivity contribution in [1.29, 1.82) is 0 Å². The van der Waals surface area contributed by atoms with Crippen LogP contribution in [-0.2, 0) is 13.6 Å². The Morgan fingerprint density at radius 2 is 1.93 bits per heavy atom. The van der Waals surface area contributed by atoms with E-state index in [-0.39, 0.29) is 5.91 Å². The number of rotatable bonds is 4. The van der Waals surface area contributed by atoms with E-state index in [1.165, 1.54) is 38.0 Å². The van der Waals surface area contributed by atoms with Gasteiger partial charge in [0.1, 0.15) is 0 Å². The maximum absolute atomic E-state index is 13.3. The largest absolute Gasteiger partial charge is 0.334 e. The first-order valence-electron chi connectivity index (χ1n) is 10.7. The van der Waals surface area contributed by atoms with Crippen molar-refractivity contribution in [2.45, 2.75) is 39.7 Å². The van der Waals surface area contributed by atoms with Crippen molar-refractivity contribution < 1.29 is 4.79 Å². The molecule has 0 radical (unpaired) electrons. The summed E-state index contributed by atoms with van der Waals surface area (Å²) in [6.45, 7) is 9.55. The maximum atomic E-state index is 13.3. The third-order valence-electron chi connectivity index (χ3n) is 7.35. The van der Waals surface area contributed by atoms with Crippen molar-refractivity contribution >= 4 is 5.91 Å². The summed E-state index contributed by atoms with van der Waals surface area (Å²) in [6, 6.07) is 6.29. The highest BCUT2D eigenvalue weighted by Gasteiger charge is 2.36. The van der Waals surface area contributed by atoms with Gasteiger partial charge in [0.25, 0.3) is 5.91 Å². The van der Waals surface area contributed by atoms with Gasteiger partial charge in [-0.1, -0.05) is 18.2 Å². The second-order valence-corrected chi connectivity index (χ2v) is 8.92. The van der Waals surface area contributed by atoms with E-state index in [9.17, 15) is 4.79 Å². The molecule has 5 heterocycles. The number of nitrogens with zero attached hydrogens (tertiary/aromatic N) is 4. The Kier molecular flexibility index (Phi) is 4.31. The summed E-state index contributed by atoms with van der Waals surface area (Å²) in [7, 11) is 1.97. The maximum Gasteiger partial charge on any atom is 0.255 e. The van der Waals surface area contributed by atoms with E-state index in [2.05, 4.69) is 40.0 Å². The number of hydrogen-bond donors (Lipinski definition) is 0. The zero-order chi connectivity index (χ0) is 19.4. The molecule has 4 aliphatic heterocycles. The van der Waals surface area contributed by atoms with Crippen molar-refractivity contribution in [3.05, 3.63) is 40.7 Å². The first-order chi connectivity index (χ1) is 13.5. The number of benzene rings is 1. The number of carbonyl (C=O) groups excluding carboxylic acids is 1. The third-order valence-corrected chi connectivity index (χ3v) is 7.35. The van der Waals surface area contributed by atoms with Gasteiger partial charge in [0.15, 0.2) is 0 Å². The number of hydrogen-bond acceptors (Lipinski definition) is 3. The minimum absolute atomic E-state index is 0.203. The molecule has 3 saturated heterocycles. The molecule has 28 heavy (non-hydrogen) atoms. The van der Waals surface area contributed by atoms with Crippen molar-refractivity contribution in [2.75, 3.05) is 26.2 Å². The molecule has 1 atom stereocenters. The third kappa shape index (κ3) is 2.79. The highest BCUT2D eigenvalue weighted by Crippen LogP contribution is 2.37. The molecule has 0 spiro atoms. The quantitative estimate of drug-likeness (QED) is 0.819. The number of amides is 1. The van der Waals surface area contributed by atoms with Gasteiger partial charge in [-0.05, 0) is 69.2 Å². The molecule has 148 valence electrons. The zero-order valence-corrected chi connectivity index (χ0v) is 17.2. The van der Waals surface area contributed by atoms with Gasteiger partial charge in [-0.2, -0.15) is 5.10 Å². The van der Waals surface area contributed by atoms with Gasteiger partial charge in [-0.25, -0.2) is 0 Å². The fourth-order valence-corrected chi connectivity index (χ4v) is 5.71. The minimum Gasteiger partial charge on any atom is -0.334 e. The lowest BCUT2D eigenvalue weighted by molar-refractivity contribution is 0.0395. The first-order valence-corrected chi connectivity index (χ1v) is 10.7. The molecule has 5 heteroatoms. The molecule has 0 unspecified atom stereocenters. The van der Waals surface area contributed by atoms with Crippen LogP contribution in [0.3, 0.4) is 0 Å². The molecule has 6 rings (SSSR count). The lowest BCUT2D eigenvalue weighted by atomic mass is 9.77. The Balaban J connectivity index is 1.37. The highest BCUT2D eigenvalue weighted by atomic mass is 16.2. The van der Waals surface area contributed by atoms with Gasteiger partial charge in [-0.15, -0.1) is 0 Å². The molecule has 3 fully saturated rings. The molecule has 0 aliphatic carbocycles. The smallest absolute Gasteiger partial charge is 0.255 e. The molecular formula is C23H30N4O. The Morgan fingerprint density at radius 1 is 1.14 bits per heavy atom. The van der Waals surface area contributed by atoms with Crippen LogP contribution in [-0.4, -0.2) is 51.7 Å². The summed E-state index contributed by atoms with van der Waals surface area (Å²) in [5.41, 5.74) is 6.34. The molecule has 4 aliphatic rings. The summed E-state index contributed by atoms with van der Waals surface area (Å²) < 4.78 is 1.91. The lowest BCUT2D eigenvalue weighted by Gasteiger charge is -2.45. The van der Waals surface area contributed by atoms with Crippen LogP contribution in [0.5, 0.6) is 0 Å². The molecule has 1 aromatic carbocycles. The molecule has 0 saturated carbocycles. The van der Waals surface area contributed by atoms with Gasteiger partial charge in [0, 0.05) is 37.9 Å². The van der Waals surface area contributed by atoms with Crippen LogP contribution in [0, 0.1) is 25.7 Å². The predicted molar refractivity (Wildman–Crippen MR) is 110 cm³/mol. The van der Waals surface area contributed by atoms with Crippen molar-refractivity contribution in [2.24, 2.45) is 18.9 Å². The van der Waals surface area contributed by atoms with E-state index in [1.54, 1.807) is 0 Å². The Bertz CT molecular complexity index is 923. The average molecular weight is 379 g/mol. The minimum atomic E-state index is 0.203. The van der Waals surface area contributed by atoms with Crippen LogP contribution in [0.15, 0.2) is 18.2 Å². The first kappa shape index (κ1) is 17.9. The predicted octanol–water partition coefficient (Wildman–Crippen LogP) is 3.39. The number of aryl methyl sites for hydroxylation is 2. The van der Waals surface area contributed by atoms with E-state index in [4.69, 9.17) is 0 Å². The van der Waals surface area contributed by atoms with Crippen LogP contribution >= 0.6 is 0 Å². The second kappa shape index (κ2) is 6.73. The Morgan fingerprint density at radius 3 is 2.57 bits per heavy atom. The van der Waals surface area contributed by atoms with Crippen LogP contribution in [0.4, 0.5) is 0 Å². The second-order valence-electron chi connectivity index (χ2n) is 8.92. The zero-order valence-electron chi connectivity index (χ0n) is 17.2. The van der Waals surface area contributed by atoms with Crippen LogP contribution in [0.25, 0.3) is 11.1 Å². The lowest BCUT2D eigenvalue weighted by Crippen LogP contribution is -2.48. The summed E-state index contributed by atoms with van der Waals surface area (Å²) in [6.07, 6.45) is 3.84. The molecule has 5 nitrogen and oxygen atoms in total. The van der Waals surface area contributed by atoms with Crippen molar-refractivity contribution in [3.8, 4) is 11.1 Å². The number of piperidine rings is 3. The van der Waals surface area contributed by atoms with Crippen molar-refractivity contribution in [3.63, 3.8) is 0 Å². The summed E-state index contributed by atoms with van der Waals surface area (Å²) >= 11 is 0. The van der Waals surface area contributed by atoms with Crippen LogP contribution in [0.1, 0.15) is 46.6 Å². The standard InChI is InChI=1S/C23H30N4O/c1-15-21(16(2)25(3)24-15)20-6-4-5-19-14-27(23(28)22(19)20)12-9-18-13-26-10-7-17(18)8-11-26/h4-6,17-18H,7-14H2,1-3H3/t18-/m1/s1. The van der Waals surface area contributed by atoms with E-state index in [0.29, 0.717) is 0 Å². The molecule has 2 aromatic rings. The summed E-state index contributed by atoms with van der Waals surface area (Å²) in [5, 5.41) is 4.56. The van der Waals surface area contributed by atoms with Crippen LogP contribution < -0.4 is 0 Å². The molecule has 2 bridgehead atoms. The van der Waals surface area contributed by atoms with Gasteiger partial charge in [-0.3, -0.25) is 9.48 Å². The van der Waals surface area contributed by atoms with E-state index < -0.39 is 0 Å². The fourth-order valence-electron chi connectivity index (χ4n) is 5.71. The Labute approximate surface area is 167 Å². The Hall–Kier alpha value is -2.14. The topological polar surface area (TPSA) is 41.4 Å². The number of carbonyl (C=O) groups is 1. The monoisotopic (exact) mass is 378 g/mol. The van der Waals surface area contributed by atoms with E-state index >= 15 is 0 Å². The van der Waals surface area contributed by atoms with Crippen molar-refractivity contribution in [1.82, 2.24) is 19.6 Å². The summed E-state index contributed by atoms with van der Waals surface area (Å²) in [4.78, 5) is 18.0. The summed E-state index contributed by atoms with van der Waals surface area (Å²) in [5.74, 6) is 1.84. The molecule has 1 aromatic heterocycles. The van der Waals surface area contributed by atoms with Gasteiger partial charge < -0.3 is 9.80 Å².